The van der Waals surface area contributed by atoms with E-state index in [2.05, 4.69) is 28.2 Å². The Morgan fingerprint density at radius 1 is 1.54 bits per heavy atom. The highest BCUT2D eigenvalue weighted by atomic mass is 79.9. The fraction of sp³-hybridized carbons (Fsp3) is 0.100. The molecule has 1 aromatic carbocycles. The zero-order chi connectivity index (χ0) is 9.68. The van der Waals surface area contributed by atoms with Crippen molar-refractivity contribution < 1.29 is 9.47 Å². The molecule has 0 amide bonds. The summed E-state index contributed by atoms with van der Waals surface area (Å²) < 4.78 is 11.1. The predicted molar refractivity (Wildman–Crippen MR) is 55.0 cm³/mol. The van der Waals surface area contributed by atoms with Crippen LogP contribution in [0, 0.1) is 0 Å². The molecule has 2 nitrogen and oxygen atoms in total. The molecule has 0 unspecified atom stereocenters. The summed E-state index contributed by atoms with van der Waals surface area (Å²) in [5, 5.41) is 0. The Labute approximate surface area is 85.6 Å². The lowest BCUT2D eigenvalue weighted by molar-refractivity contribution is 0.408. The molecule has 0 aliphatic rings. The first-order chi connectivity index (χ1) is 6.27. The quantitative estimate of drug-likeness (QED) is 0.597. The van der Waals surface area contributed by atoms with Crippen LogP contribution in [0.15, 0.2) is 41.2 Å². The zero-order valence-electron chi connectivity index (χ0n) is 7.21. The number of hydrogen-bond acceptors (Lipinski definition) is 2. The van der Waals surface area contributed by atoms with Crippen LogP contribution in [0.25, 0.3) is 0 Å². The van der Waals surface area contributed by atoms with E-state index in [-0.39, 0.29) is 0 Å². The first-order valence-electron chi connectivity index (χ1n) is 3.62. The van der Waals surface area contributed by atoms with Crippen LogP contribution in [0.2, 0.25) is 0 Å². The summed E-state index contributed by atoms with van der Waals surface area (Å²) in [6, 6.07) is 5.47. The van der Waals surface area contributed by atoms with Crippen molar-refractivity contribution in [1.82, 2.24) is 0 Å². The van der Waals surface area contributed by atoms with Crippen LogP contribution in [-0.4, -0.2) is 7.11 Å². The molecule has 0 aliphatic carbocycles. The van der Waals surface area contributed by atoms with E-state index in [1.54, 1.807) is 13.2 Å². The van der Waals surface area contributed by atoms with Crippen LogP contribution in [0.3, 0.4) is 0 Å². The molecule has 1 aromatic rings. The summed E-state index contributed by atoms with van der Waals surface area (Å²) in [7, 11) is 1.61. The van der Waals surface area contributed by atoms with E-state index in [0.717, 1.165) is 10.2 Å². The number of halogens is 1. The highest BCUT2D eigenvalue weighted by Gasteiger charge is 2.01. The van der Waals surface area contributed by atoms with E-state index in [1.807, 2.05) is 12.1 Å². The molecule has 0 saturated heterocycles. The molecule has 0 N–H and O–H groups in total. The maximum Gasteiger partial charge on any atom is 0.145 e. The van der Waals surface area contributed by atoms with E-state index in [0.29, 0.717) is 5.75 Å². The van der Waals surface area contributed by atoms with Crippen molar-refractivity contribution >= 4 is 15.9 Å². The Morgan fingerprint density at radius 3 is 2.92 bits per heavy atom. The highest BCUT2D eigenvalue weighted by Crippen LogP contribution is 2.29. The lowest BCUT2D eigenvalue weighted by Crippen LogP contribution is -1.86. The van der Waals surface area contributed by atoms with E-state index in [1.165, 1.54) is 6.26 Å². The molecule has 13 heavy (non-hydrogen) atoms. The van der Waals surface area contributed by atoms with Gasteiger partial charge in [-0.15, -0.1) is 0 Å². The van der Waals surface area contributed by atoms with Crippen molar-refractivity contribution in [2.24, 2.45) is 0 Å². The SMILES string of the molecule is C=C=COc1cc(OC)ccc1Br. The van der Waals surface area contributed by atoms with Crippen LogP contribution in [0.5, 0.6) is 11.5 Å². The molecule has 0 aliphatic heterocycles. The lowest BCUT2D eigenvalue weighted by Gasteiger charge is -2.04. The molecular weight excluding hydrogens is 232 g/mol. The fourth-order valence-corrected chi connectivity index (χ4v) is 1.15. The van der Waals surface area contributed by atoms with Crippen LogP contribution in [0.1, 0.15) is 0 Å². The second-order valence-electron chi connectivity index (χ2n) is 2.24. The number of methoxy groups -OCH3 is 1. The number of benzene rings is 1. The third-order valence-corrected chi connectivity index (χ3v) is 2.06. The van der Waals surface area contributed by atoms with Crippen molar-refractivity contribution in [3.05, 3.63) is 41.2 Å². The number of rotatable bonds is 3. The van der Waals surface area contributed by atoms with Gasteiger partial charge < -0.3 is 9.47 Å². The van der Waals surface area contributed by atoms with Crippen LogP contribution < -0.4 is 9.47 Å². The minimum absolute atomic E-state index is 0.676. The van der Waals surface area contributed by atoms with Gasteiger partial charge in [0.2, 0.25) is 0 Å². The van der Waals surface area contributed by atoms with Gasteiger partial charge in [0.1, 0.15) is 17.8 Å². The predicted octanol–water partition coefficient (Wildman–Crippen LogP) is 3.14. The molecule has 68 valence electrons. The maximum atomic E-state index is 5.20. The molecule has 0 bridgehead atoms. The first kappa shape index (κ1) is 9.90. The van der Waals surface area contributed by atoms with Gasteiger partial charge in [-0.1, -0.05) is 12.3 Å². The highest BCUT2D eigenvalue weighted by molar-refractivity contribution is 9.10. The average Bonchev–Trinajstić information content (AvgIpc) is 2.17. The summed E-state index contributed by atoms with van der Waals surface area (Å²) in [5.74, 6) is 1.42. The Bertz CT molecular complexity index is 341. The molecule has 0 atom stereocenters. The van der Waals surface area contributed by atoms with Gasteiger partial charge >= 0.3 is 0 Å². The topological polar surface area (TPSA) is 18.5 Å². The monoisotopic (exact) mass is 240 g/mol. The van der Waals surface area contributed by atoms with Crippen molar-refractivity contribution in [2.45, 2.75) is 0 Å². The molecule has 0 fully saturated rings. The van der Waals surface area contributed by atoms with Crippen molar-refractivity contribution in [1.29, 1.82) is 0 Å². The summed E-state index contributed by atoms with van der Waals surface area (Å²) >= 11 is 3.34. The van der Waals surface area contributed by atoms with Gasteiger partial charge in [0, 0.05) is 6.07 Å². The van der Waals surface area contributed by atoms with E-state index in [9.17, 15) is 0 Å². The summed E-state index contributed by atoms with van der Waals surface area (Å²) in [6.07, 6.45) is 1.39. The van der Waals surface area contributed by atoms with Gasteiger partial charge in [0.15, 0.2) is 0 Å². The van der Waals surface area contributed by atoms with Crippen LogP contribution in [-0.2, 0) is 0 Å². The molecular formula is C10H9BrO2. The Morgan fingerprint density at radius 2 is 2.31 bits per heavy atom. The van der Waals surface area contributed by atoms with Crippen molar-refractivity contribution in [2.75, 3.05) is 7.11 Å². The first-order valence-corrected chi connectivity index (χ1v) is 4.41. The minimum atomic E-state index is 0.676. The van der Waals surface area contributed by atoms with Gasteiger partial charge in [-0.05, 0) is 28.1 Å². The minimum Gasteiger partial charge on any atom is -0.497 e. The van der Waals surface area contributed by atoms with E-state index >= 15 is 0 Å². The average molecular weight is 241 g/mol. The molecule has 3 heteroatoms. The summed E-state index contributed by atoms with van der Waals surface area (Å²) in [6.45, 7) is 3.40. The van der Waals surface area contributed by atoms with Crippen LogP contribution in [0.4, 0.5) is 0 Å². The Kier molecular flexibility index (Phi) is 3.62. The molecule has 0 heterocycles. The molecule has 1 rings (SSSR count). The smallest absolute Gasteiger partial charge is 0.145 e. The van der Waals surface area contributed by atoms with Gasteiger partial charge in [-0.25, -0.2) is 0 Å². The Hall–Kier alpha value is -1.18. The number of hydrogen-bond donors (Lipinski definition) is 0. The second-order valence-corrected chi connectivity index (χ2v) is 3.09. The zero-order valence-corrected chi connectivity index (χ0v) is 8.80. The van der Waals surface area contributed by atoms with Crippen molar-refractivity contribution in [3.8, 4) is 11.5 Å². The second kappa shape index (κ2) is 4.75. The van der Waals surface area contributed by atoms with Gasteiger partial charge in [-0.2, -0.15) is 0 Å². The lowest BCUT2D eigenvalue weighted by atomic mass is 10.3. The fourth-order valence-electron chi connectivity index (χ4n) is 0.806. The van der Waals surface area contributed by atoms with Crippen LogP contribution >= 0.6 is 15.9 Å². The maximum absolute atomic E-state index is 5.20. The molecule has 0 radical (unpaired) electrons. The third-order valence-electron chi connectivity index (χ3n) is 1.41. The normalized spacial score (nSPS) is 8.77. The summed E-state index contributed by atoms with van der Waals surface area (Å²) in [4.78, 5) is 0. The van der Waals surface area contributed by atoms with Gasteiger partial charge in [0.05, 0.1) is 11.6 Å². The molecule has 0 spiro atoms. The van der Waals surface area contributed by atoms with Gasteiger partial charge in [0.25, 0.3) is 0 Å². The van der Waals surface area contributed by atoms with Gasteiger partial charge in [-0.3, -0.25) is 0 Å². The largest absolute Gasteiger partial charge is 0.497 e. The Balaban J connectivity index is 2.96. The van der Waals surface area contributed by atoms with E-state index < -0.39 is 0 Å². The number of ether oxygens (including phenoxy) is 2. The van der Waals surface area contributed by atoms with E-state index in [4.69, 9.17) is 9.47 Å². The van der Waals surface area contributed by atoms with Crippen molar-refractivity contribution in [3.63, 3.8) is 0 Å². The third kappa shape index (κ3) is 2.65. The summed E-state index contributed by atoms with van der Waals surface area (Å²) in [5.41, 5.74) is 2.52. The molecule has 0 aromatic heterocycles. The standard InChI is InChI=1S/C10H9BrO2/c1-3-6-13-10-7-8(12-2)4-5-9(10)11/h4-7H,1H2,2H3. The molecule has 0 saturated carbocycles.